The van der Waals surface area contributed by atoms with Crippen LogP contribution in [-0.4, -0.2) is 44.1 Å². The fourth-order valence-corrected chi connectivity index (χ4v) is 4.87. The first kappa shape index (κ1) is 18.7. The summed E-state index contributed by atoms with van der Waals surface area (Å²) in [7, 11) is 1.90. The molecule has 0 radical (unpaired) electrons. The summed E-state index contributed by atoms with van der Waals surface area (Å²) in [5.74, 6) is 0.577. The number of hydrogen-bond acceptors (Lipinski definition) is 4. The van der Waals surface area contributed by atoms with Gasteiger partial charge in [-0.05, 0) is 37.8 Å². The Balaban J connectivity index is 1.45. The van der Waals surface area contributed by atoms with Crippen LogP contribution in [0.1, 0.15) is 31.5 Å². The van der Waals surface area contributed by atoms with Gasteiger partial charge in [0.1, 0.15) is 11.4 Å². The van der Waals surface area contributed by atoms with Gasteiger partial charge in [0.05, 0.1) is 22.3 Å². The minimum atomic E-state index is -0.937. The summed E-state index contributed by atoms with van der Waals surface area (Å²) >= 11 is 12.2. The van der Waals surface area contributed by atoms with Crippen LogP contribution < -0.4 is 5.32 Å². The first-order valence-corrected chi connectivity index (χ1v) is 9.83. The monoisotopic (exact) mass is 408 g/mol. The highest BCUT2D eigenvalue weighted by molar-refractivity contribution is 6.44. The number of hydrogen-bond donors (Lipinski definition) is 2. The second-order valence-electron chi connectivity index (χ2n) is 7.51. The van der Waals surface area contributed by atoms with E-state index >= 15 is 0 Å². The van der Waals surface area contributed by atoms with E-state index < -0.39 is 5.60 Å². The van der Waals surface area contributed by atoms with E-state index in [2.05, 4.69) is 15.2 Å². The third-order valence-electron chi connectivity index (χ3n) is 5.71. The van der Waals surface area contributed by atoms with Gasteiger partial charge in [-0.15, -0.1) is 0 Å². The van der Waals surface area contributed by atoms with Crippen molar-refractivity contribution in [3.8, 4) is 0 Å². The van der Waals surface area contributed by atoms with Crippen molar-refractivity contribution in [2.24, 2.45) is 7.05 Å². The van der Waals surface area contributed by atoms with E-state index in [1.54, 1.807) is 24.4 Å². The molecule has 6 nitrogen and oxygen atoms in total. The van der Waals surface area contributed by atoms with Gasteiger partial charge in [-0.2, -0.15) is 0 Å². The molecule has 2 saturated heterocycles. The van der Waals surface area contributed by atoms with Crippen molar-refractivity contribution in [2.45, 2.75) is 43.4 Å². The van der Waals surface area contributed by atoms with E-state index in [9.17, 15) is 9.90 Å². The highest BCUT2D eigenvalue weighted by atomic mass is 35.5. The maximum atomic E-state index is 12.6. The number of nitrogens with zero attached hydrogens (tertiary/aromatic N) is 3. The number of aryl methyl sites for hydroxylation is 1. The number of carbonyl (C=O) groups excluding carboxylic acids is 1. The van der Waals surface area contributed by atoms with Crippen LogP contribution in [0.3, 0.4) is 0 Å². The molecule has 2 N–H and O–H groups in total. The van der Waals surface area contributed by atoms with Gasteiger partial charge in [0.15, 0.2) is 0 Å². The number of piperidine rings is 1. The molecule has 2 aliphatic heterocycles. The molecule has 2 fully saturated rings. The topological polar surface area (TPSA) is 70.4 Å². The molecule has 8 heteroatoms. The number of fused-ring (bicyclic) bond motifs is 2. The molecule has 1 aromatic heterocycles. The highest BCUT2D eigenvalue weighted by Crippen LogP contribution is 2.45. The van der Waals surface area contributed by atoms with Gasteiger partial charge in [0, 0.05) is 31.5 Å². The SMILES string of the molecule is Cn1ccnc1C1(O)CC2CCC(C1)N2CC(=O)Nc1cccc(Cl)c1Cl. The van der Waals surface area contributed by atoms with Crippen LogP contribution in [0.25, 0.3) is 0 Å². The number of nitrogens with one attached hydrogen (secondary N) is 1. The molecule has 2 bridgehead atoms. The lowest BCUT2D eigenvalue weighted by atomic mass is 9.85. The molecule has 1 aromatic carbocycles. The first-order valence-electron chi connectivity index (χ1n) is 9.07. The van der Waals surface area contributed by atoms with Gasteiger partial charge in [-0.25, -0.2) is 4.98 Å². The van der Waals surface area contributed by atoms with Crippen molar-refractivity contribution < 1.29 is 9.90 Å². The first-order chi connectivity index (χ1) is 12.9. The Morgan fingerprint density at radius 2 is 2.04 bits per heavy atom. The zero-order chi connectivity index (χ0) is 19.2. The van der Waals surface area contributed by atoms with E-state index in [4.69, 9.17) is 23.2 Å². The Morgan fingerprint density at radius 3 is 2.67 bits per heavy atom. The van der Waals surface area contributed by atoms with Crippen LogP contribution in [-0.2, 0) is 17.4 Å². The Kier molecular flexibility index (Phi) is 4.93. The van der Waals surface area contributed by atoms with Crippen molar-refractivity contribution in [1.29, 1.82) is 0 Å². The average Bonchev–Trinajstić information content (AvgIpc) is 3.15. The van der Waals surface area contributed by atoms with E-state index in [-0.39, 0.29) is 24.5 Å². The van der Waals surface area contributed by atoms with Gasteiger partial charge in [-0.3, -0.25) is 9.69 Å². The van der Waals surface area contributed by atoms with E-state index in [1.165, 1.54) is 0 Å². The summed E-state index contributed by atoms with van der Waals surface area (Å²) < 4.78 is 1.88. The lowest BCUT2D eigenvalue weighted by molar-refractivity contribution is -0.121. The molecule has 2 atom stereocenters. The minimum Gasteiger partial charge on any atom is -0.382 e. The molecule has 2 unspecified atom stereocenters. The predicted octanol–water partition coefficient (Wildman–Crippen LogP) is 3.18. The molecule has 3 heterocycles. The molecular formula is C19H22Cl2N4O2. The Morgan fingerprint density at radius 1 is 1.33 bits per heavy atom. The van der Waals surface area contributed by atoms with Crippen molar-refractivity contribution in [1.82, 2.24) is 14.5 Å². The summed E-state index contributed by atoms with van der Waals surface area (Å²) in [6.45, 7) is 0.273. The summed E-state index contributed by atoms with van der Waals surface area (Å²) in [6, 6.07) is 5.48. The molecule has 0 saturated carbocycles. The van der Waals surface area contributed by atoms with Gasteiger partial charge in [0.2, 0.25) is 5.91 Å². The number of imidazole rings is 1. The minimum absolute atomic E-state index is 0.126. The Hall–Kier alpha value is -1.60. The zero-order valence-electron chi connectivity index (χ0n) is 15.0. The molecule has 1 amide bonds. The van der Waals surface area contributed by atoms with Crippen LogP contribution >= 0.6 is 23.2 Å². The molecule has 144 valence electrons. The predicted molar refractivity (Wildman–Crippen MR) is 105 cm³/mol. The van der Waals surface area contributed by atoms with Gasteiger partial charge >= 0.3 is 0 Å². The number of halogens is 2. The molecule has 0 spiro atoms. The van der Waals surface area contributed by atoms with Crippen molar-refractivity contribution >= 4 is 34.8 Å². The van der Waals surface area contributed by atoms with Crippen LogP contribution in [0.5, 0.6) is 0 Å². The Labute approximate surface area is 168 Å². The molecule has 2 aromatic rings. The van der Waals surface area contributed by atoms with Gasteiger partial charge in [0.25, 0.3) is 0 Å². The fourth-order valence-electron chi connectivity index (χ4n) is 4.53. The van der Waals surface area contributed by atoms with E-state index in [0.29, 0.717) is 34.4 Å². The number of anilines is 1. The Bertz CT molecular complexity index is 855. The molecule has 0 aliphatic carbocycles. The van der Waals surface area contributed by atoms with Crippen molar-refractivity contribution in [2.75, 3.05) is 11.9 Å². The molecule has 27 heavy (non-hydrogen) atoms. The quantitative estimate of drug-likeness (QED) is 0.814. The normalized spacial score (nSPS) is 27.7. The maximum Gasteiger partial charge on any atom is 0.238 e. The van der Waals surface area contributed by atoms with Crippen LogP contribution in [0, 0.1) is 0 Å². The third kappa shape index (κ3) is 3.47. The molecular weight excluding hydrogens is 387 g/mol. The molecule has 4 rings (SSSR count). The van der Waals surface area contributed by atoms with Crippen molar-refractivity contribution in [3.05, 3.63) is 46.5 Å². The number of amides is 1. The van der Waals surface area contributed by atoms with Gasteiger partial charge < -0.3 is 15.0 Å². The second-order valence-corrected chi connectivity index (χ2v) is 8.29. The standard InChI is InChI=1S/C19H22Cl2N4O2/c1-24-8-7-22-18(24)19(27)9-12-5-6-13(10-19)25(12)11-16(26)23-15-4-2-3-14(20)17(15)21/h2-4,7-8,12-13,27H,5-6,9-11H2,1H3,(H,23,26). The van der Waals surface area contributed by atoms with Crippen LogP contribution in [0.15, 0.2) is 30.6 Å². The smallest absolute Gasteiger partial charge is 0.238 e. The number of benzene rings is 1. The van der Waals surface area contributed by atoms with E-state index in [0.717, 1.165) is 12.8 Å². The largest absolute Gasteiger partial charge is 0.382 e. The van der Waals surface area contributed by atoms with Gasteiger partial charge in [-0.1, -0.05) is 29.3 Å². The summed E-state index contributed by atoms with van der Waals surface area (Å²) in [5, 5.41) is 14.8. The van der Waals surface area contributed by atoms with Crippen LogP contribution in [0.4, 0.5) is 5.69 Å². The summed E-state index contributed by atoms with van der Waals surface area (Å²) in [4.78, 5) is 19.1. The lowest BCUT2D eigenvalue weighted by Gasteiger charge is -2.43. The summed E-state index contributed by atoms with van der Waals surface area (Å²) in [5.41, 5.74) is -0.420. The lowest BCUT2D eigenvalue weighted by Crippen LogP contribution is -2.52. The number of aliphatic hydroxyl groups is 1. The average molecular weight is 409 g/mol. The second kappa shape index (κ2) is 7.09. The maximum absolute atomic E-state index is 12.6. The number of carbonyl (C=O) groups is 1. The van der Waals surface area contributed by atoms with Crippen LogP contribution in [0.2, 0.25) is 10.0 Å². The zero-order valence-corrected chi connectivity index (χ0v) is 16.5. The highest BCUT2D eigenvalue weighted by Gasteiger charge is 2.50. The van der Waals surface area contributed by atoms with Crippen molar-refractivity contribution in [3.63, 3.8) is 0 Å². The third-order valence-corrected chi connectivity index (χ3v) is 6.53. The fraction of sp³-hybridized carbons (Fsp3) is 0.474. The van der Waals surface area contributed by atoms with E-state index in [1.807, 2.05) is 17.8 Å². The number of rotatable bonds is 4. The molecule has 2 aliphatic rings. The summed E-state index contributed by atoms with van der Waals surface area (Å²) in [6.07, 6.45) is 6.68. The number of aromatic nitrogens is 2.